The minimum Gasteiger partial charge on any atom is -0.497 e. The van der Waals surface area contributed by atoms with Crippen LogP contribution < -0.4 is 14.8 Å². The van der Waals surface area contributed by atoms with Gasteiger partial charge in [-0.15, -0.1) is 0 Å². The van der Waals surface area contributed by atoms with E-state index in [1.807, 2.05) is 56.3 Å². The minimum absolute atomic E-state index is 0.0864. The van der Waals surface area contributed by atoms with Gasteiger partial charge in [-0.25, -0.2) is 9.97 Å². The Morgan fingerprint density at radius 2 is 1.72 bits per heavy atom. The quantitative estimate of drug-likeness (QED) is 0.633. The van der Waals surface area contributed by atoms with Crippen LogP contribution >= 0.6 is 11.6 Å². The van der Waals surface area contributed by atoms with Gasteiger partial charge in [0, 0.05) is 10.6 Å². The first-order valence-corrected chi connectivity index (χ1v) is 9.45. The molecule has 0 radical (unpaired) electrons. The molecule has 3 rings (SSSR count). The van der Waals surface area contributed by atoms with Crippen molar-refractivity contribution in [2.45, 2.75) is 20.4 Å². The number of aryl methyl sites for hydroxylation is 2. The average molecular weight is 412 g/mol. The monoisotopic (exact) mass is 411 g/mol. The van der Waals surface area contributed by atoms with Gasteiger partial charge in [0.25, 0.3) is 5.91 Å². The van der Waals surface area contributed by atoms with E-state index in [1.165, 1.54) is 6.33 Å². The highest BCUT2D eigenvalue weighted by atomic mass is 35.5. The first-order chi connectivity index (χ1) is 14.0. The molecule has 1 aromatic heterocycles. The maximum Gasteiger partial charge on any atom is 0.258 e. The highest BCUT2D eigenvalue weighted by Crippen LogP contribution is 2.25. The second kappa shape index (κ2) is 9.39. The molecule has 150 valence electrons. The van der Waals surface area contributed by atoms with Crippen LogP contribution in [-0.2, 0) is 11.3 Å². The lowest BCUT2D eigenvalue weighted by Gasteiger charge is -2.10. The minimum atomic E-state index is -0.236. The van der Waals surface area contributed by atoms with Crippen LogP contribution in [0.15, 0.2) is 48.8 Å². The lowest BCUT2D eigenvalue weighted by molar-refractivity contribution is -0.123. The molecule has 0 saturated carbocycles. The number of ether oxygens (including phenoxy) is 2. The molecule has 1 N–H and O–H groups in total. The summed E-state index contributed by atoms with van der Waals surface area (Å²) >= 11 is 6.15. The van der Waals surface area contributed by atoms with Crippen molar-refractivity contribution in [2.24, 2.45) is 0 Å². The zero-order valence-corrected chi connectivity index (χ0v) is 17.3. The molecule has 0 bridgehead atoms. The SMILES string of the molecule is COc1ccc(-c2cc(CNC(=O)COc3cc(C)c(Cl)c(C)c3)ncn2)cc1. The second-order valence-corrected chi connectivity index (χ2v) is 6.94. The number of aromatic nitrogens is 2. The number of rotatable bonds is 7. The molecule has 0 aliphatic carbocycles. The fourth-order valence-corrected chi connectivity index (χ4v) is 2.90. The van der Waals surface area contributed by atoms with Gasteiger partial charge in [0.1, 0.15) is 17.8 Å². The molecule has 7 heteroatoms. The van der Waals surface area contributed by atoms with Gasteiger partial charge in [0.15, 0.2) is 6.61 Å². The lowest BCUT2D eigenvalue weighted by atomic mass is 10.1. The number of hydrogen-bond acceptors (Lipinski definition) is 5. The fourth-order valence-electron chi connectivity index (χ4n) is 2.79. The van der Waals surface area contributed by atoms with Gasteiger partial charge < -0.3 is 14.8 Å². The predicted octanol–water partition coefficient (Wildman–Crippen LogP) is 4.12. The Kier molecular flexibility index (Phi) is 6.67. The van der Waals surface area contributed by atoms with Crippen molar-refractivity contribution >= 4 is 17.5 Å². The molecule has 0 spiro atoms. The van der Waals surface area contributed by atoms with Crippen LogP contribution in [0, 0.1) is 13.8 Å². The van der Waals surface area contributed by atoms with Gasteiger partial charge in [-0.3, -0.25) is 4.79 Å². The summed E-state index contributed by atoms with van der Waals surface area (Å²) in [4.78, 5) is 20.6. The number of amides is 1. The highest BCUT2D eigenvalue weighted by Gasteiger charge is 2.08. The molecule has 29 heavy (non-hydrogen) atoms. The first-order valence-electron chi connectivity index (χ1n) is 9.08. The molecule has 0 aliphatic heterocycles. The van der Waals surface area contributed by atoms with Crippen LogP contribution in [0.4, 0.5) is 0 Å². The number of halogens is 1. The number of hydrogen-bond donors (Lipinski definition) is 1. The molecule has 1 heterocycles. The third-order valence-corrected chi connectivity index (χ3v) is 4.95. The zero-order valence-electron chi connectivity index (χ0n) is 16.5. The summed E-state index contributed by atoms with van der Waals surface area (Å²) in [5.41, 5.74) is 4.24. The van der Waals surface area contributed by atoms with Crippen LogP contribution in [0.2, 0.25) is 5.02 Å². The van der Waals surface area contributed by atoms with Crippen LogP contribution in [0.25, 0.3) is 11.3 Å². The largest absolute Gasteiger partial charge is 0.497 e. The summed E-state index contributed by atoms with van der Waals surface area (Å²) in [6.07, 6.45) is 1.48. The number of benzene rings is 2. The maximum absolute atomic E-state index is 12.1. The van der Waals surface area contributed by atoms with Gasteiger partial charge >= 0.3 is 0 Å². The number of carbonyl (C=O) groups is 1. The van der Waals surface area contributed by atoms with Crippen LogP contribution in [0.5, 0.6) is 11.5 Å². The van der Waals surface area contributed by atoms with Crippen LogP contribution in [0.3, 0.4) is 0 Å². The number of nitrogens with one attached hydrogen (secondary N) is 1. The highest BCUT2D eigenvalue weighted by molar-refractivity contribution is 6.32. The summed E-state index contributed by atoms with van der Waals surface area (Å²) in [5, 5.41) is 3.51. The second-order valence-electron chi connectivity index (χ2n) is 6.56. The van der Waals surface area contributed by atoms with E-state index < -0.39 is 0 Å². The van der Waals surface area contributed by atoms with Crippen molar-refractivity contribution in [3.05, 3.63) is 70.6 Å². The summed E-state index contributed by atoms with van der Waals surface area (Å²) in [5.74, 6) is 1.16. The first kappa shape index (κ1) is 20.6. The van der Waals surface area contributed by atoms with E-state index >= 15 is 0 Å². The predicted molar refractivity (Wildman–Crippen MR) is 112 cm³/mol. The van der Waals surface area contributed by atoms with E-state index in [0.717, 1.165) is 28.1 Å². The zero-order chi connectivity index (χ0) is 20.8. The Morgan fingerprint density at radius 3 is 2.38 bits per heavy atom. The van der Waals surface area contributed by atoms with Crippen molar-refractivity contribution in [1.82, 2.24) is 15.3 Å². The smallest absolute Gasteiger partial charge is 0.258 e. The van der Waals surface area contributed by atoms with Crippen molar-refractivity contribution in [2.75, 3.05) is 13.7 Å². The summed E-state index contributed by atoms with van der Waals surface area (Å²) in [6, 6.07) is 13.1. The molecule has 0 saturated heterocycles. The molecule has 3 aromatic rings. The van der Waals surface area contributed by atoms with E-state index in [2.05, 4.69) is 15.3 Å². The van der Waals surface area contributed by atoms with E-state index in [-0.39, 0.29) is 19.1 Å². The van der Waals surface area contributed by atoms with E-state index in [0.29, 0.717) is 16.5 Å². The summed E-state index contributed by atoms with van der Waals surface area (Å²) < 4.78 is 10.7. The van der Waals surface area contributed by atoms with Gasteiger partial charge in [-0.1, -0.05) is 11.6 Å². The molecule has 1 amide bonds. The van der Waals surface area contributed by atoms with E-state index in [1.54, 1.807) is 7.11 Å². The molecule has 0 atom stereocenters. The Bertz CT molecular complexity index is 983. The van der Waals surface area contributed by atoms with Crippen LogP contribution in [0.1, 0.15) is 16.8 Å². The molecular formula is C22H22ClN3O3. The summed E-state index contributed by atoms with van der Waals surface area (Å²) in [7, 11) is 1.62. The van der Waals surface area contributed by atoms with Crippen molar-refractivity contribution in [3.63, 3.8) is 0 Å². The number of carbonyl (C=O) groups excluding carboxylic acids is 1. The van der Waals surface area contributed by atoms with Gasteiger partial charge in [-0.05, 0) is 67.4 Å². The molecule has 2 aromatic carbocycles. The molecular weight excluding hydrogens is 390 g/mol. The molecule has 0 aliphatic rings. The van der Waals surface area contributed by atoms with Crippen LogP contribution in [-0.4, -0.2) is 29.6 Å². The third kappa shape index (κ3) is 5.45. The van der Waals surface area contributed by atoms with Gasteiger partial charge in [-0.2, -0.15) is 0 Å². The third-order valence-electron chi connectivity index (χ3n) is 4.36. The Balaban J connectivity index is 1.56. The van der Waals surface area contributed by atoms with Crippen molar-refractivity contribution in [1.29, 1.82) is 0 Å². The van der Waals surface area contributed by atoms with Crippen molar-refractivity contribution < 1.29 is 14.3 Å². The maximum atomic E-state index is 12.1. The number of nitrogens with zero attached hydrogens (tertiary/aromatic N) is 2. The van der Waals surface area contributed by atoms with Gasteiger partial charge in [0.05, 0.1) is 25.0 Å². The normalized spacial score (nSPS) is 10.5. The van der Waals surface area contributed by atoms with Crippen molar-refractivity contribution in [3.8, 4) is 22.8 Å². The topological polar surface area (TPSA) is 73.3 Å². The fraction of sp³-hybridized carbons (Fsp3) is 0.227. The average Bonchev–Trinajstić information content (AvgIpc) is 2.74. The molecule has 0 unspecified atom stereocenters. The Morgan fingerprint density at radius 1 is 1.03 bits per heavy atom. The van der Waals surface area contributed by atoms with E-state index in [9.17, 15) is 4.79 Å². The standard InChI is InChI=1S/C22H22ClN3O3/c1-14-8-19(9-15(2)22(14)23)29-12-21(27)24-11-17-10-20(26-13-25-17)16-4-6-18(28-3)7-5-16/h4-10,13H,11-12H2,1-3H3,(H,24,27). The Hall–Kier alpha value is -3.12. The molecule has 0 fully saturated rings. The van der Waals surface area contributed by atoms with Gasteiger partial charge in [0.2, 0.25) is 0 Å². The Labute approximate surface area is 174 Å². The lowest BCUT2D eigenvalue weighted by Crippen LogP contribution is -2.28. The summed E-state index contributed by atoms with van der Waals surface area (Å²) in [6.45, 7) is 4.00. The molecule has 6 nitrogen and oxygen atoms in total. The number of methoxy groups -OCH3 is 1. The van der Waals surface area contributed by atoms with E-state index in [4.69, 9.17) is 21.1 Å².